The summed E-state index contributed by atoms with van der Waals surface area (Å²) in [5, 5.41) is 22.9. The summed E-state index contributed by atoms with van der Waals surface area (Å²) >= 11 is 6.37. The number of phenolic OH excluding ortho intramolecular Hbond substituents is 1. The quantitative estimate of drug-likeness (QED) is 0.583. The van der Waals surface area contributed by atoms with Crippen LogP contribution in [-0.2, 0) is 0 Å². The lowest BCUT2D eigenvalue weighted by Gasteiger charge is -2.09. The van der Waals surface area contributed by atoms with Gasteiger partial charge in [-0.2, -0.15) is 0 Å². The van der Waals surface area contributed by atoms with Crippen LogP contribution < -0.4 is 5.32 Å². The summed E-state index contributed by atoms with van der Waals surface area (Å²) in [5.74, 6) is -0.683. The Kier molecular flexibility index (Phi) is 4.59. The summed E-state index contributed by atoms with van der Waals surface area (Å²) in [7, 11) is 0. The molecule has 0 atom stereocenters. The molecule has 21 heavy (non-hydrogen) atoms. The number of phenols is 1. The number of aromatic hydroxyl groups is 1. The molecule has 0 spiro atoms. The van der Waals surface area contributed by atoms with E-state index in [2.05, 4.69) is 37.2 Å². The third-order valence-electron chi connectivity index (χ3n) is 2.61. The number of non-ortho nitro benzene ring substituents is 1. The molecule has 0 heterocycles. The Bertz CT molecular complexity index is 734. The molecule has 0 saturated carbocycles. The molecule has 0 radical (unpaired) electrons. The van der Waals surface area contributed by atoms with Gasteiger partial charge in [0.2, 0.25) is 0 Å². The summed E-state index contributed by atoms with van der Waals surface area (Å²) in [4.78, 5) is 22.2. The molecular weight excluding hydrogens is 408 g/mol. The van der Waals surface area contributed by atoms with Gasteiger partial charge in [-0.15, -0.1) is 0 Å². The van der Waals surface area contributed by atoms with Gasteiger partial charge < -0.3 is 10.4 Å². The highest BCUT2D eigenvalue weighted by molar-refractivity contribution is 9.10. The number of halogens is 2. The van der Waals surface area contributed by atoms with Gasteiger partial charge in [-0.05, 0) is 40.2 Å². The van der Waals surface area contributed by atoms with Crippen LogP contribution in [0.5, 0.6) is 5.75 Å². The molecule has 2 aromatic rings. The molecule has 6 nitrogen and oxygen atoms in total. The summed E-state index contributed by atoms with van der Waals surface area (Å²) in [6.07, 6.45) is 0. The molecule has 0 unspecified atom stereocenters. The number of rotatable bonds is 3. The fourth-order valence-corrected chi connectivity index (χ4v) is 2.43. The van der Waals surface area contributed by atoms with Crippen LogP contribution in [0.15, 0.2) is 45.3 Å². The zero-order chi connectivity index (χ0) is 15.6. The second-order valence-corrected chi connectivity index (χ2v) is 5.81. The van der Waals surface area contributed by atoms with Gasteiger partial charge in [-0.3, -0.25) is 14.9 Å². The van der Waals surface area contributed by atoms with Gasteiger partial charge in [0, 0.05) is 21.1 Å². The van der Waals surface area contributed by atoms with Gasteiger partial charge in [-0.25, -0.2) is 0 Å². The highest BCUT2D eigenvalue weighted by Gasteiger charge is 2.15. The normalized spacial score (nSPS) is 10.2. The Morgan fingerprint density at radius 3 is 2.52 bits per heavy atom. The van der Waals surface area contributed by atoms with Crippen molar-refractivity contribution >= 4 is 49.1 Å². The topological polar surface area (TPSA) is 92.5 Å². The molecule has 2 aromatic carbocycles. The monoisotopic (exact) mass is 414 g/mol. The maximum atomic E-state index is 12.1. The summed E-state index contributed by atoms with van der Waals surface area (Å²) < 4.78 is 1.02. The van der Waals surface area contributed by atoms with Gasteiger partial charge in [0.05, 0.1) is 16.2 Å². The van der Waals surface area contributed by atoms with Crippen LogP contribution in [0.2, 0.25) is 0 Å². The number of anilines is 1. The van der Waals surface area contributed by atoms with Crippen molar-refractivity contribution in [2.24, 2.45) is 0 Å². The molecule has 108 valence electrons. The average Bonchev–Trinajstić information content (AvgIpc) is 2.43. The minimum Gasteiger partial charge on any atom is -0.507 e. The van der Waals surface area contributed by atoms with Gasteiger partial charge in [0.1, 0.15) is 5.75 Å². The van der Waals surface area contributed by atoms with E-state index >= 15 is 0 Å². The number of nitro benzene ring substituents is 1. The maximum Gasteiger partial charge on any atom is 0.270 e. The zero-order valence-electron chi connectivity index (χ0n) is 10.3. The van der Waals surface area contributed by atoms with E-state index in [9.17, 15) is 20.0 Å². The van der Waals surface area contributed by atoms with Crippen molar-refractivity contribution in [1.29, 1.82) is 0 Å². The third kappa shape index (κ3) is 3.59. The van der Waals surface area contributed by atoms with Gasteiger partial charge in [-0.1, -0.05) is 15.9 Å². The van der Waals surface area contributed by atoms with Crippen molar-refractivity contribution in [3.63, 3.8) is 0 Å². The predicted molar refractivity (Wildman–Crippen MR) is 84.6 cm³/mol. The lowest BCUT2D eigenvalue weighted by Crippen LogP contribution is -2.12. The number of nitro groups is 1. The Hall–Kier alpha value is -1.93. The van der Waals surface area contributed by atoms with Crippen molar-refractivity contribution in [1.82, 2.24) is 0 Å². The molecule has 0 aliphatic carbocycles. The Labute approximate surface area is 136 Å². The van der Waals surface area contributed by atoms with Crippen molar-refractivity contribution in [3.05, 3.63) is 61.0 Å². The fourth-order valence-electron chi connectivity index (χ4n) is 1.60. The number of carbonyl (C=O) groups excluding carboxylic acids is 1. The van der Waals surface area contributed by atoms with Crippen LogP contribution >= 0.6 is 31.9 Å². The van der Waals surface area contributed by atoms with E-state index < -0.39 is 10.8 Å². The van der Waals surface area contributed by atoms with Crippen LogP contribution in [0.25, 0.3) is 0 Å². The van der Waals surface area contributed by atoms with Gasteiger partial charge in [0.15, 0.2) is 0 Å². The molecule has 0 aromatic heterocycles. The van der Waals surface area contributed by atoms with Crippen LogP contribution in [0.3, 0.4) is 0 Å². The minimum atomic E-state index is -0.531. The van der Waals surface area contributed by atoms with E-state index in [4.69, 9.17) is 0 Å². The van der Waals surface area contributed by atoms with E-state index in [-0.39, 0.29) is 17.0 Å². The molecule has 0 saturated heterocycles. The third-order valence-corrected chi connectivity index (χ3v) is 3.76. The molecule has 0 aliphatic rings. The van der Waals surface area contributed by atoms with Crippen LogP contribution in [0.4, 0.5) is 11.4 Å². The van der Waals surface area contributed by atoms with Crippen LogP contribution in [-0.4, -0.2) is 15.9 Å². The first-order valence-electron chi connectivity index (χ1n) is 5.62. The highest BCUT2D eigenvalue weighted by Crippen LogP contribution is 2.29. The van der Waals surface area contributed by atoms with E-state index in [0.717, 1.165) is 0 Å². The Morgan fingerprint density at radius 1 is 1.19 bits per heavy atom. The summed E-state index contributed by atoms with van der Waals surface area (Å²) in [6.45, 7) is 0. The number of amides is 1. The first kappa shape index (κ1) is 15.5. The first-order chi connectivity index (χ1) is 9.88. The second-order valence-electron chi connectivity index (χ2n) is 4.04. The lowest BCUT2D eigenvalue weighted by molar-refractivity contribution is -0.384. The number of nitrogens with one attached hydrogen (secondary N) is 1. The van der Waals surface area contributed by atoms with Crippen molar-refractivity contribution in [2.75, 3.05) is 5.32 Å². The first-order valence-corrected chi connectivity index (χ1v) is 7.21. The molecule has 0 fully saturated rings. The average molecular weight is 416 g/mol. The molecule has 2 N–H and O–H groups in total. The predicted octanol–water partition coefficient (Wildman–Crippen LogP) is 4.08. The van der Waals surface area contributed by atoms with Gasteiger partial charge in [0.25, 0.3) is 11.6 Å². The van der Waals surface area contributed by atoms with Gasteiger partial charge >= 0.3 is 0 Å². The number of nitrogens with zero attached hydrogens (tertiary/aromatic N) is 1. The standard InChI is InChI=1S/C13H8Br2N2O4/c14-7-1-4-12(18)9(5-7)13(19)16-11-3-2-8(17(20)21)6-10(11)15/h1-6,18H,(H,16,19). The number of benzene rings is 2. The second kappa shape index (κ2) is 6.23. The lowest BCUT2D eigenvalue weighted by atomic mass is 10.2. The van der Waals surface area contributed by atoms with E-state index in [1.54, 1.807) is 6.07 Å². The molecule has 2 rings (SSSR count). The summed E-state index contributed by atoms with van der Waals surface area (Å²) in [5.41, 5.74) is 0.366. The molecular formula is C13H8Br2N2O4. The smallest absolute Gasteiger partial charge is 0.270 e. The molecule has 1 amide bonds. The fraction of sp³-hybridized carbons (Fsp3) is 0. The van der Waals surface area contributed by atoms with Crippen LogP contribution in [0.1, 0.15) is 10.4 Å². The van der Waals surface area contributed by atoms with Crippen molar-refractivity contribution < 1.29 is 14.8 Å². The van der Waals surface area contributed by atoms with E-state index in [1.165, 1.54) is 30.3 Å². The zero-order valence-corrected chi connectivity index (χ0v) is 13.5. The molecule has 8 heteroatoms. The van der Waals surface area contributed by atoms with E-state index in [1.807, 2.05) is 0 Å². The largest absolute Gasteiger partial charge is 0.507 e. The number of carbonyl (C=O) groups is 1. The van der Waals surface area contributed by atoms with E-state index in [0.29, 0.717) is 14.6 Å². The molecule has 0 aliphatic heterocycles. The maximum absolute atomic E-state index is 12.1. The van der Waals surface area contributed by atoms with Crippen molar-refractivity contribution in [3.8, 4) is 5.75 Å². The number of hydrogen-bond acceptors (Lipinski definition) is 4. The molecule has 0 bridgehead atoms. The SMILES string of the molecule is O=C(Nc1ccc([N+](=O)[O-])cc1Br)c1cc(Br)ccc1O. The van der Waals surface area contributed by atoms with Crippen molar-refractivity contribution in [2.45, 2.75) is 0 Å². The Morgan fingerprint density at radius 2 is 1.90 bits per heavy atom. The number of hydrogen-bond donors (Lipinski definition) is 2. The van der Waals surface area contributed by atoms with Crippen LogP contribution in [0, 0.1) is 10.1 Å². The summed E-state index contributed by atoms with van der Waals surface area (Å²) in [6, 6.07) is 8.45. The highest BCUT2D eigenvalue weighted by atomic mass is 79.9. The minimum absolute atomic E-state index is 0.0922. The Balaban J connectivity index is 2.27.